The van der Waals surface area contributed by atoms with Crippen molar-refractivity contribution in [1.29, 1.82) is 0 Å². The summed E-state index contributed by atoms with van der Waals surface area (Å²) in [4.78, 5) is 0. The molecule has 0 aromatic heterocycles. The maximum atomic E-state index is 6.15. The lowest BCUT2D eigenvalue weighted by molar-refractivity contribution is 0.111. The fourth-order valence-corrected chi connectivity index (χ4v) is 2.80. The third-order valence-corrected chi connectivity index (χ3v) is 3.88. The summed E-state index contributed by atoms with van der Waals surface area (Å²) in [6.07, 6.45) is 6.74. The number of rotatable bonds is 1. The van der Waals surface area contributed by atoms with E-state index in [9.17, 15) is 0 Å². The maximum absolute atomic E-state index is 6.15. The molecule has 2 nitrogen and oxygen atoms in total. The molecule has 2 aliphatic carbocycles. The van der Waals surface area contributed by atoms with Gasteiger partial charge in [0.2, 0.25) is 0 Å². The molecule has 2 heteroatoms. The van der Waals surface area contributed by atoms with Crippen molar-refractivity contribution in [2.45, 2.75) is 38.1 Å². The van der Waals surface area contributed by atoms with E-state index in [1.54, 1.807) is 0 Å². The fourth-order valence-electron chi connectivity index (χ4n) is 2.80. The standard InChI is InChI=1S/C9H18N2/c10-6-7-2-5-9(8(7)11)3-1-4-9/h7-8H,1-6,10-11H2. The van der Waals surface area contributed by atoms with Crippen molar-refractivity contribution in [3.8, 4) is 0 Å². The molecule has 2 saturated carbocycles. The molecule has 2 atom stereocenters. The second-order valence-corrected chi connectivity index (χ2v) is 4.28. The highest BCUT2D eigenvalue weighted by molar-refractivity contribution is 5.03. The molecule has 2 rings (SSSR count). The molecule has 2 unspecified atom stereocenters. The molecule has 0 aliphatic heterocycles. The van der Waals surface area contributed by atoms with Gasteiger partial charge in [-0.25, -0.2) is 0 Å². The van der Waals surface area contributed by atoms with E-state index < -0.39 is 0 Å². The summed E-state index contributed by atoms with van der Waals surface area (Å²) in [5.41, 5.74) is 12.3. The Morgan fingerprint density at radius 3 is 2.27 bits per heavy atom. The molecule has 0 aromatic carbocycles. The Labute approximate surface area is 68.3 Å². The summed E-state index contributed by atoms with van der Waals surface area (Å²) in [7, 11) is 0. The molecule has 2 fully saturated rings. The van der Waals surface area contributed by atoms with Crippen molar-refractivity contribution in [2.75, 3.05) is 6.54 Å². The van der Waals surface area contributed by atoms with Crippen LogP contribution in [-0.4, -0.2) is 12.6 Å². The van der Waals surface area contributed by atoms with Crippen LogP contribution in [0.5, 0.6) is 0 Å². The Morgan fingerprint density at radius 1 is 1.27 bits per heavy atom. The third kappa shape index (κ3) is 0.926. The summed E-state index contributed by atoms with van der Waals surface area (Å²) in [6, 6.07) is 0.418. The van der Waals surface area contributed by atoms with Gasteiger partial charge in [-0.2, -0.15) is 0 Å². The maximum Gasteiger partial charge on any atom is 0.0136 e. The Hall–Kier alpha value is -0.0800. The van der Waals surface area contributed by atoms with E-state index in [4.69, 9.17) is 11.5 Å². The minimum absolute atomic E-state index is 0.418. The average molecular weight is 154 g/mol. The van der Waals surface area contributed by atoms with E-state index in [0.29, 0.717) is 17.4 Å². The van der Waals surface area contributed by atoms with E-state index >= 15 is 0 Å². The monoisotopic (exact) mass is 154 g/mol. The van der Waals surface area contributed by atoms with Gasteiger partial charge < -0.3 is 11.5 Å². The number of nitrogens with two attached hydrogens (primary N) is 2. The number of hydrogen-bond acceptors (Lipinski definition) is 2. The first-order valence-electron chi connectivity index (χ1n) is 4.74. The van der Waals surface area contributed by atoms with Gasteiger partial charge >= 0.3 is 0 Å². The Morgan fingerprint density at radius 2 is 2.00 bits per heavy atom. The molecular formula is C9H18N2. The molecule has 0 saturated heterocycles. The zero-order valence-corrected chi connectivity index (χ0v) is 7.05. The van der Waals surface area contributed by atoms with Crippen LogP contribution < -0.4 is 11.5 Å². The first-order chi connectivity index (χ1) is 5.28. The fraction of sp³-hybridized carbons (Fsp3) is 1.00. The minimum Gasteiger partial charge on any atom is -0.330 e. The Bertz CT molecular complexity index is 152. The van der Waals surface area contributed by atoms with E-state index in [1.807, 2.05) is 0 Å². The lowest BCUT2D eigenvalue weighted by Crippen LogP contribution is -2.46. The van der Waals surface area contributed by atoms with Crippen LogP contribution in [0.1, 0.15) is 32.1 Å². The highest BCUT2D eigenvalue weighted by Crippen LogP contribution is 2.53. The quantitative estimate of drug-likeness (QED) is 0.588. The predicted octanol–water partition coefficient (Wildman–Crippen LogP) is 0.853. The van der Waals surface area contributed by atoms with Crippen molar-refractivity contribution in [2.24, 2.45) is 22.8 Å². The Kier molecular flexibility index (Phi) is 1.69. The second-order valence-electron chi connectivity index (χ2n) is 4.28. The molecule has 0 radical (unpaired) electrons. The topological polar surface area (TPSA) is 52.0 Å². The summed E-state index contributed by atoms with van der Waals surface area (Å²) >= 11 is 0. The van der Waals surface area contributed by atoms with E-state index in [2.05, 4.69) is 0 Å². The van der Waals surface area contributed by atoms with Crippen LogP contribution in [-0.2, 0) is 0 Å². The van der Waals surface area contributed by atoms with Crippen LogP contribution in [0.3, 0.4) is 0 Å². The van der Waals surface area contributed by atoms with Gasteiger partial charge in [-0.15, -0.1) is 0 Å². The van der Waals surface area contributed by atoms with Crippen LogP contribution in [0.15, 0.2) is 0 Å². The lowest BCUT2D eigenvalue weighted by atomic mass is 9.65. The zero-order chi connectivity index (χ0) is 7.90. The van der Waals surface area contributed by atoms with Crippen LogP contribution in [0.25, 0.3) is 0 Å². The van der Waals surface area contributed by atoms with Crippen LogP contribution in [0.4, 0.5) is 0 Å². The molecular weight excluding hydrogens is 136 g/mol. The van der Waals surface area contributed by atoms with Crippen LogP contribution >= 0.6 is 0 Å². The second kappa shape index (κ2) is 2.46. The SMILES string of the molecule is NCC1CCC2(CCC2)C1N. The van der Waals surface area contributed by atoms with E-state index in [1.165, 1.54) is 32.1 Å². The molecule has 2 aliphatic rings. The van der Waals surface area contributed by atoms with Gasteiger partial charge in [-0.1, -0.05) is 6.42 Å². The van der Waals surface area contributed by atoms with Crippen LogP contribution in [0.2, 0.25) is 0 Å². The van der Waals surface area contributed by atoms with Crippen molar-refractivity contribution in [1.82, 2.24) is 0 Å². The summed E-state index contributed by atoms with van der Waals surface area (Å²) in [5, 5.41) is 0. The summed E-state index contributed by atoms with van der Waals surface area (Å²) < 4.78 is 0. The Balaban J connectivity index is 2.05. The average Bonchev–Trinajstić information content (AvgIpc) is 2.25. The van der Waals surface area contributed by atoms with Crippen LogP contribution in [0, 0.1) is 11.3 Å². The largest absolute Gasteiger partial charge is 0.330 e. The van der Waals surface area contributed by atoms with Gasteiger partial charge in [-0.05, 0) is 43.6 Å². The van der Waals surface area contributed by atoms with E-state index in [0.717, 1.165) is 6.54 Å². The van der Waals surface area contributed by atoms with Gasteiger partial charge in [-0.3, -0.25) is 0 Å². The highest BCUT2D eigenvalue weighted by atomic mass is 14.8. The summed E-state index contributed by atoms with van der Waals surface area (Å²) in [5.74, 6) is 0.621. The van der Waals surface area contributed by atoms with E-state index in [-0.39, 0.29) is 0 Å². The molecule has 0 aromatic rings. The van der Waals surface area contributed by atoms with Gasteiger partial charge in [0.05, 0.1) is 0 Å². The molecule has 11 heavy (non-hydrogen) atoms. The molecule has 0 amide bonds. The van der Waals surface area contributed by atoms with Gasteiger partial charge in [0.1, 0.15) is 0 Å². The normalized spacial score (nSPS) is 40.9. The molecule has 0 bridgehead atoms. The van der Waals surface area contributed by atoms with Crippen molar-refractivity contribution < 1.29 is 0 Å². The first kappa shape index (κ1) is 7.56. The third-order valence-electron chi connectivity index (χ3n) is 3.88. The number of hydrogen-bond donors (Lipinski definition) is 2. The van der Waals surface area contributed by atoms with Crippen molar-refractivity contribution in [3.05, 3.63) is 0 Å². The molecule has 4 N–H and O–H groups in total. The highest BCUT2D eigenvalue weighted by Gasteiger charge is 2.49. The van der Waals surface area contributed by atoms with Gasteiger partial charge in [0.25, 0.3) is 0 Å². The predicted molar refractivity (Wildman–Crippen MR) is 46.0 cm³/mol. The molecule has 1 spiro atoms. The lowest BCUT2D eigenvalue weighted by Gasteiger charge is -2.43. The zero-order valence-electron chi connectivity index (χ0n) is 7.05. The molecule has 64 valence electrons. The van der Waals surface area contributed by atoms with Crippen molar-refractivity contribution in [3.63, 3.8) is 0 Å². The van der Waals surface area contributed by atoms with Crippen molar-refractivity contribution >= 4 is 0 Å². The van der Waals surface area contributed by atoms with Gasteiger partial charge in [0, 0.05) is 6.04 Å². The van der Waals surface area contributed by atoms with Gasteiger partial charge in [0.15, 0.2) is 0 Å². The first-order valence-corrected chi connectivity index (χ1v) is 4.74. The minimum atomic E-state index is 0.418. The smallest absolute Gasteiger partial charge is 0.0136 e. The molecule has 0 heterocycles. The summed E-state index contributed by atoms with van der Waals surface area (Å²) in [6.45, 7) is 0.795.